The number of hydrogen-bond acceptors (Lipinski definition) is 2. The summed E-state index contributed by atoms with van der Waals surface area (Å²) < 4.78 is 0. The van der Waals surface area contributed by atoms with Gasteiger partial charge in [-0.1, -0.05) is 61.9 Å². The summed E-state index contributed by atoms with van der Waals surface area (Å²) >= 11 is 0. The molecule has 0 saturated carbocycles. The Morgan fingerprint density at radius 2 is 1.74 bits per heavy atom. The number of aryl methyl sites for hydroxylation is 2. The molecule has 2 nitrogen and oxygen atoms in total. The Balaban J connectivity index is 1.47. The second-order valence-corrected chi connectivity index (χ2v) is 9.28. The van der Waals surface area contributed by atoms with Crippen LogP contribution >= 0.6 is 0 Å². The number of benzene rings is 1. The summed E-state index contributed by atoms with van der Waals surface area (Å²) in [6, 6.07) is 13.0. The molecule has 0 saturated heterocycles. The first-order chi connectivity index (χ1) is 15.0. The molecule has 1 heterocycles. The van der Waals surface area contributed by atoms with Gasteiger partial charge in [0.2, 0.25) is 0 Å². The van der Waals surface area contributed by atoms with Gasteiger partial charge in [-0.05, 0) is 80.2 Å². The normalized spacial score (nSPS) is 16.7. The minimum atomic E-state index is 0.343. The fourth-order valence-corrected chi connectivity index (χ4v) is 4.45. The van der Waals surface area contributed by atoms with Gasteiger partial charge in [-0.25, -0.2) is 0 Å². The standard InChI is InChI=1S/C29H37NO/c1-5-6-27(31)19-25-14-12-24(13-15-25)11-7-21(2)8-17-28-22(3)9-18-29(28)26-16-10-23(4)30-20-26/h9-10,12-16,18,20-21,28H,5-8,11,17,19H2,1-4H3. The number of hydrogen-bond donors (Lipinski definition) is 0. The number of ketones is 1. The molecule has 31 heavy (non-hydrogen) atoms. The van der Waals surface area contributed by atoms with Crippen molar-refractivity contribution in [3.05, 3.63) is 82.7 Å². The van der Waals surface area contributed by atoms with Crippen LogP contribution in [0.25, 0.3) is 5.57 Å². The molecule has 1 aromatic heterocycles. The summed E-state index contributed by atoms with van der Waals surface area (Å²) in [4.78, 5) is 16.3. The Morgan fingerprint density at radius 1 is 1.00 bits per heavy atom. The van der Waals surface area contributed by atoms with Crippen molar-refractivity contribution < 1.29 is 4.79 Å². The van der Waals surface area contributed by atoms with E-state index >= 15 is 0 Å². The number of rotatable bonds is 11. The predicted octanol–water partition coefficient (Wildman–Crippen LogP) is 7.31. The van der Waals surface area contributed by atoms with Crippen molar-refractivity contribution in [3.8, 4) is 0 Å². The Hall–Kier alpha value is -2.48. The molecular weight excluding hydrogens is 378 g/mol. The van der Waals surface area contributed by atoms with Gasteiger partial charge in [-0.15, -0.1) is 0 Å². The van der Waals surface area contributed by atoms with Crippen LogP contribution in [0, 0.1) is 18.8 Å². The van der Waals surface area contributed by atoms with E-state index < -0.39 is 0 Å². The number of Topliss-reactive ketones (excluding diaryl/α,β-unsaturated/α-hetero) is 1. The lowest BCUT2D eigenvalue weighted by atomic mass is 9.85. The van der Waals surface area contributed by atoms with Gasteiger partial charge in [-0.3, -0.25) is 9.78 Å². The summed E-state index contributed by atoms with van der Waals surface area (Å²) in [5.74, 6) is 1.55. The first-order valence-electron chi connectivity index (χ1n) is 11.9. The highest BCUT2D eigenvalue weighted by Crippen LogP contribution is 2.38. The van der Waals surface area contributed by atoms with Crippen molar-refractivity contribution >= 4 is 11.4 Å². The minimum absolute atomic E-state index is 0.343. The third-order valence-corrected chi connectivity index (χ3v) is 6.52. The summed E-state index contributed by atoms with van der Waals surface area (Å²) in [5.41, 5.74) is 7.73. The lowest BCUT2D eigenvalue weighted by Gasteiger charge is -2.20. The Morgan fingerprint density at radius 3 is 2.42 bits per heavy atom. The number of nitrogens with zero attached hydrogens (tertiary/aromatic N) is 1. The molecule has 2 aromatic rings. The zero-order valence-electron chi connectivity index (χ0n) is 19.7. The van der Waals surface area contributed by atoms with Crippen LogP contribution in [0.15, 0.2) is 60.3 Å². The molecule has 1 aliphatic rings. The molecule has 1 aromatic carbocycles. The first-order valence-corrected chi connectivity index (χ1v) is 11.9. The summed E-state index contributed by atoms with van der Waals surface area (Å²) in [5, 5.41) is 0. The average molecular weight is 416 g/mol. The Kier molecular flexibility index (Phi) is 8.40. The van der Waals surface area contributed by atoms with Crippen LogP contribution < -0.4 is 0 Å². The third kappa shape index (κ3) is 6.75. The van der Waals surface area contributed by atoms with E-state index in [9.17, 15) is 4.79 Å². The quantitative estimate of drug-likeness (QED) is 0.385. The van der Waals surface area contributed by atoms with E-state index in [0.29, 0.717) is 30.5 Å². The maximum Gasteiger partial charge on any atom is 0.137 e. The van der Waals surface area contributed by atoms with Gasteiger partial charge in [0.1, 0.15) is 5.78 Å². The van der Waals surface area contributed by atoms with Crippen molar-refractivity contribution in [2.75, 3.05) is 0 Å². The molecule has 0 amide bonds. The van der Waals surface area contributed by atoms with E-state index in [-0.39, 0.29) is 0 Å². The zero-order chi connectivity index (χ0) is 22.2. The highest BCUT2D eigenvalue weighted by Gasteiger charge is 2.22. The topological polar surface area (TPSA) is 30.0 Å². The highest BCUT2D eigenvalue weighted by molar-refractivity contribution is 5.80. The predicted molar refractivity (Wildman–Crippen MR) is 131 cm³/mol. The summed E-state index contributed by atoms with van der Waals surface area (Å²) in [6.07, 6.45) is 13.5. The fraction of sp³-hybridized carbons (Fsp3) is 0.448. The lowest BCUT2D eigenvalue weighted by Crippen LogP contribution is -2.06. The summed E-state index contributed by atoms with van der Waals surface area (Å²) in [6.45, 7) is 8.73. The first kappa shape index (κ1) is 23.2. The number of allylic oxidation sites excluding steroid dienone is 4. The van der Waals surface area contributed by atoms with E-state index in [1.807, 2.05) is 13.1 Å². The number of aromatic nitrogens is 1. The number of pyridine rings is 1. The molecule has 0 spiro atoms. The van der Waals surface area contributed by atoms with Crippen LogP contribution in [-0.4, -0.2) is 10.8 Å². The second kappa shape index (κ2) is 11.2. The molecule has 2 atom stereocenters. The van der Waals surface area contributed by atoms with Gasteiger partial charge in [-0.2, -0.15) is 0 Å². The molecule has 0 bridgehead atoms. The Bertz CT molecular complexity index is 918. The van der Waals surface area contributed by atoms with Gasteiger partial charge in [0, 0.05) is 30.7 Å². The van der Waals surface area contributed by atoms with Crippen molar-refractivity contribution in [2.45, 2.75) is 72.6 Å². The summed E-state index contributed by atoms with van der Waals surface area (Å²) in [7, 11) is 0. The van der Waals surface area contributed by atoms with Gasteiger partial charge >= 0.3 is 0 Å². The van der Waals surface area contributed by atoms with Crippen LogP contribution in [0.5, 0.6) is 0 Å². The zero-order valence-corrected chi connectivity index (χ0v) is 19.7. The van der Waals surface area contributed by atoms with E-state index in [0.717, 1.165) is 24.1 Å². The van der Waals surface area contributed by atoms with Crippen LogP contribution in [-0.2, 0) is 17.6 Å². The van der Waals surface area contributed by atoms with Gasteiger partial charge in [0.25, 0.3) is 0 Å². The second-order valence-electron chi connectivity index (χ2n) is 9.28. The number of carbonyl (C=O) groups is 1. The van der Waals surface area contributed by atoms with Gasteiger partial charge in [0.15, 0.2) is 0 Å². The van der Waals surface area contributed by atoms with E-state index in [1.165, 1.54) is 41.5 Å². The Labute approximate surface area is 188 Å². The third-order valence-electron chi connectivity index (χ3n) is 6.52. The number of carbonyl (C=O) groups excluding carboxylic acids is 1. The van der Waals surface area contributed by atoms with Gasteiger partial charge in [0.05, 0.1) is 0 Å². The largest absolute Gasteiger partial charge is 0.299 e. The molecule has 3 rings (SSSR count). The molecular formula is C29H37NO. The lowest BCUT2D eigenvalue weighted by molar-refractivity contribution is -0.118. The van der Waals surface area contributed by atoms with Crippen LogP contribution in [0.3, 0.4) is 0 Å². The SMILES string of the molecule is CCCC(=O)Cc1ccc(CCC(C)CCC2C(C)=CC=C2c2ccc(C)nc2)cc1. The fourth-order valence-electron chi connectivity index (χ4n) is 4.45. The molecule has 2 unspecified atom stereocenters. The van der Waals surface area contributed by atoms with E-state index in [4.69, 9.17) is 0 Å². The maximum absolute atomic E-state index is 11.8. The molecule has 1 aliphatic carbocycles. The molecule has 0 aliphatic heterocycles. The van der Waals surface area contributed by atoms with Crippen molar-refractivity contribution in [2.24, 2.45) is 11.8 Å². The van der Waals surface area contributed by atoms with Crippen molar-refractivity contribution in [1.29, 1.82) is 0 Å². The van der Waals surface area contributed by atoms with E-state index in [1.54, 1.807) is 0 Å². The van der Waals surface area contributed by atoms with E-state index in [2.05, 4.69) is 74.3 Å². The van der Waals surface area contributed by atoms with Gasteiger partial charge < -0.3 is 0 Å². The molecule has 0 radical (unpaired) electrons. The molecule has 164 valence electrons. The maximum atomic E-state index is 11.8. The smallest absolute Gasteiger partial charge is 0.137 e. The monoisotopic (exact) mass is 415 g/mol. The molecule has 2 heteroatoms. The van der Waals surface area contributed by atoms with Crippen LogP contribution in [0.2, 0.25) is 0 Å². The average Bonchev–Trinajstić information content (AvgIpc) is 3.13. The molecule has 0 N–H and O–H groups in total. The van der Waals surface area contributed by atoms with Crippen LogP contribution in [0.1, 0.15) is 75.3 Å². The van der Waals surface area contributed by atoms with Crippen molar-refractivity contribution in [3.63, 3.8) is 0 Å². The minimum Gasteiger partial charge on any atom is -0.299 e. The highest BCUT2D eigenvalue weighted by atomic mass is 16.1. The van der Waals surface area contributed by atoms with Crippen molar-refractivity contribution in [1.82, 2.24) is 4.98 Å². The van der Waals surface area contributed by atoms with Crippen LogP contribution in [0.4, 0.5) is 0 Å². The molecule has 0 fully saturated rings.